The topological polar surface area (TPSA) is 120 Å². The minimum atomic E-state index is -1.15. The van der Waals surface area contributed by atoms with Crippen molar-refractivity contribution in [1.29, 1.82) is 0 Å². The quantitative estimate of drug-likeness (QED) is 0.400. The zero-order valence-electron chi connectivity index (χ0n) is 18.1. The molecule has 0 aliphatic rings. The van der Waals surface area contributed by atoms with Crippen molar-refractivity contribution >= 4 is 17.7 Å². The van der Waals surface area contributed by atoms with Gasteiger partial charge in [0, 0.05) is 23.6 Å². The summed E-state index contributed by atoms with van der Waals surface area (Å²) in [6.07, 6.45) is -1.00. The van der Waals surface area contributed by atoms with Gasteiger partial charge < -0.3 is 19.0 Å². The van der Waals surface area contributed by atoms with Gasteiger partial charge >= 0.3 is 5.97 Å². The van der Waals surface area contributed by atoms with Crippen LogP contribution in [0.5, 0.6) is 0 Å². The van der Waals surface area contributed by atoms with Crippen LogP contribution in [0.25, 0.3) is 11.5 Å². The molecule has 0 bridgehead atoms. The largest absolute Gasteiger partial charge is 0.447 e. The fourth-order valence-corrected chi connectivity index (χ4v) is 3.08. The van der Waals surface area contributed by atoms with Crippen LogP contribution in [0.3, 0.4) is 0 Å². The van der Waals surface area contributed by atoms with E-state index in [0.717, 1.165) is 11.1 Å². The molecule has 1 N–H and O–H groups in total. The van der Waals surface area contributed by atoms with Crippen molar-refractivity contribution < 1.29 is 23.3 Å². The maximum atomic E-state index is 12.8. The van der Waals surface area contributed by atoms with Gasteiger partial charge in [0.1, 0.15) is 5.76 Å². The molecule has 2 heterocycles. The summed E-state index contributed by atoms with van der Waals surface area (Å²) in [6, 6.07) is 18.0. The molecule has 1 unspecified atom stereocenters. The average Bonchev–Trinajstić information content (AvgIpc) is 3.46. The zero-order chi connectivity index (χ0) is 23.2. The SMILES string of the molecule is Cc1ccc(-c2nnc(CCC(=O)OC(C(=O)Nc3cc(C)on3)c3ccccc3)o2)cc1. The van der Waals surface area contributed by atoms with Crippen molar-refractivity contribution in [3.05, 3.63) is 83.4 Å². The molecule has 9 heteroatoms. The second-order valence-electron chi connectivity index (χ2n) is 7.46. The third kappa shape index (κ3) is 5.70. The van der Waals surface area contributed by atoms with Crippen LogP contribution in [0, 0.1) is 13.8 Å². The second kappa shape index (κ2) is 9.90. The number of carbonyl (C=O) groups is 2. The van der Waals surface area contributed by atoms with Crippen LogP contribution in [0.2, 0.25) is 0 Å². The lowest BCUT2D eigenvalue weighted by Gasteiger charge is -2.17. The van der Waals surface area contributed by atoms with E-state index in [1.165, 1.54) is 0 Å². The summed E-state index contributed by atoms with van der Waals surface area (Å²) in [6.45, 7) is 3.70. The first-order valence-electron chi connectivity index (χ1n) is 10.4. The highest BCUT2D eigenvalue weighted by Gasteiger charge is 2.26. The van der Waals surface area contributed by atoms with Crippen LogP contribution in [-0.2, 0) is 20.7 Å². The third-order valence-corrected chi connectivity index (χ3v) is 4.78. The fourth-order valence-electron chi connectivity index (χ4n) is 3.08. The number of esters is 1. The summed E-state index contributed by atoms with van der Waals surface area (Å²) in [5, 5.41) is 14.4. The first-order valence-corrected chi connectivity index (χ1v) is 10.4. The van der Waals surface area contributed by atoms with Crippen molar-refractivity contribution in [3.63, 3.8) is 0 Å². The second-order valence-corrected chi connectivity index (χ2v) is 7.46. The zero-order valence-corrected chi connectivity index (χ0v) is 18.1. The van der Waals surface area contributed by atoms with E-state index in [2.05, 4.69) is 20.7 Å². The number of rotatable bonds is 8. The van der Waals surface area contributed by atoms with Crippen LogP contribution in [0.15, 0.2) is 69.6 Å². The smallest absolute Gasteiger partial charge is 0.307 e. The molecule has 0 fully saturated rings. The van der Waals surface area contributed by atoms with Crippen LogP contribution < -0.4 is 5.32 Å². The van der Waals surface area contributed by atoms with Crippen molar-refractivity contribution in [2.75, 3.05) is 5.32 Å². The fraction of sp³-hybridized carbons (Fsp3) is 0.208. The van der Waals surface area contributed by atoms with Gasteiger partial charge in [-0.1, -0.05) is 53.2 Å². The van der Waals surface area contributed by atoms with Crippen molar-refractivity contribution in [3.8, 4) is 11.5 Å². The highest BCUT2D eigenvalue weighted by atomic mass is 16.5. The summed E-state index contributed by atoms with van der Waals surface area (Å²) in [5.74, 6) is 0.351. The van der Waals surface area contributed by atoms with Gasteiger partial charge in [0.2, 0.25) is 17.9 Å². The third-order valence-electron chi connectivity index (χ3n) is 4.78. The molecule has 0 saturated heterocycles. The van der Waals surface area contributed by atoms with E-state index in [9.17, 15) is 9.59 Å². The summed E-state index contributed by atoms with van der Waals surface area (Å²) >= 11 is 0. The van der Waals surface area contributed by atoms with E-state index in [4.69, 9.17) is 13.7 Å². The number of nitrogens with zero attached hydrogens (tertiary/aromatic N) is 3. The Morgan fingerprint density at radius 1 is 1.03 bits per heavy atom. The van der Waals surface area contributed by atoms with E-state index in [1.54, 1.807) is 37.3 Å². The van der Waals surface area contributed by atoms with Crippen molar-refractivity contribution in [2.45, 2.75) is 32.8 Å². The molecule has 1 atom stereocenters. The predicted molar refractivity (Wildman–Crippen MR) is 118 cm³/mol. The number of aromatic nitrogens is 3. The Hall–Kier alpha value is -4.27. The van der Waals surface area contributed by atoms with Crippen LogP contribution in [0.1, 0.15) is 35.3 Å². The normalized spacial score (nSPS) is 11.7. The molecule has 0 aliphatic heterocycles. The highest BCUT2D eigenvalue weighted by molar-refractivity contribution is 5.95. The monoisotopic (exact) mass is 446 g/mol. The lowest BCUT2D eigenvalue weighted by molar-refractivity contribution is -0.154. The summed E-state index contributed by atoms with van der Waals surface area (Å²) < 4.78 is 16.1. The molecule has 168 valence electrons. The van der Waals surface area contributed by atoms with Gasteiger partial charge in [-0.15, -0.1) is 10.2 Å². The van der Waals surface area contributed by atoms with Gasteiger partial charge in [-0.05, 0) is 26.0 Å². The lowest BCUT2D eigenvalue weighted by atomic mass is 10.1. The Bertz CT molecular complexity index is 1230. The molecule has 1 amide bonds. The number of benzene rings is 2. The van der Waals surface area contributed by atoms with E-state index in [1.807, 2.05) is 37.3 Å². The Kier molecular flexibility index (Phi) is 6.58. The summed E-state index contributed by atoms with van der Waals surface area (Å²) in [7, 11) is 0. The van der Waals surface area contributed by atoms with E-state index in [0.29, 0.717) is 23.1 Å². The summed E-state index contributed by atoms with van der Waals surface area (Å²) in [4.78, 5) is 25.4. The molecular formula is C24H22N4O5. The number of anilines is 1. The van der Waals surface area contributed by atoms with Gasteiger partial charge in [-0.3, -0.25) is 9.59 Å². The minimum absolute atomic E-state index is 0.0325. The molecule has 0 spiro atoms. The Balaban J connectivity index is 1.39. The van der Waals surface area contributed by atoms with Crippen molar-refractivity contribution in [2.24, 2.45) is 0 Å². The van der Waals surface area contributed by atoms with Crippen molar-refractivity contribution in [1.82, 2.24) is 15.4 Å². The summed E-state index contributed by atoms with van der Waals surface area (Å²) in [5.41, 5.74) is 2.45. The van der Waals surface area contributed by atoms with E-state index < -0.39 is 18.0 Å². The van der Waals surface area contributed by atoms with E-state index >= 15 is 0 Å². The molecule has 2 aromatic carbocycles. The van der Waals surface area contributed by atoms with Crippen LogP contribution >= 0.6 is 0 Å². The maximum absolute atomic E-state index is 12.8. The van der Waals surface area contributed by atoms with Crippen LogP contribution in [0.4, 0.5) is 5.82 Å². The van der Waals surface area contributed by atoms with Gasteiger partial charge in [0.05, 0.1) is 6.42 Å². The maximum Gasteiger partial charge on any atom is 0.307 e. The number of hydrogen-bond acceptors (Lipinski definition) is 8. The molecule has 0 aliphatic carbocycles. The van der Waals surface area contributed by atoms with Gasteiger partial charge in [0.25, 0.3) is 5.91 Å². The first kappa shape index (κ1) is 21.9. The molecule has 2 aromatic heterocycles. The number of amides is 1. The molecule has 0 radical (unpaired) electrons. The standard InChI is InChI=1S/C24H22N4O5/c1-15-8-10-18(11-9-15)24-27-26-20(31-24)12-13-21(29)32-22(17-6-4-3-5-7-17)23(30)25-19-14-16(2)33-28-19/h3-11,14,22H,12-13H2,1-2H3,(H,25,28,30). The predicted octanol–water partition coefficient (Wildman–Crippen LogP) is 4.20. The van der Waals surface area contributed by atoms with Gasteiger partial charge in [-0.25, -0.2) is 0 Å². The van der Waals surface area contributed by atoms with Gasteiger partial charge in [0.15, 0.2) is 5.82 Å². The Morgan fingerprint density at radius 3 is 2.48 bits per heavy atom. The molecular weight excluding hydrogens is 424 g/mol. The lowest BCUT2D eigenvalue weighted by Crippen LogP contribution is -2.26. The Labute approximate surface area is 189 Å². The number of ether oxygens (including phenoxy) is 1. The first-order chi connectivity index (χ1) is 16.0. The highest BCUT2D eigenvalue weighted by Crippen LogP contribution is 2.22. The number of carbonyl (C=O) groups excluding carboxylic acids is 2. The molecule has 33 heavy (non-hydrogen) atoms. The molecule has 4 rings (SSSR count). The number of aryl methyl sites for hydroxylation is 3. The molecule has 0 saturated carbocycles. The van der Waals surface area contributed by atoms with Crippen LogP contribution in [-0.4, -0.2) is 27.2 Å². The average molecular weight is 446 g/mol. The minimum Gasteiger partial charge on any atom is -0.447 e. The van der Waals surface area contributed by atoms with Gasteiger partial charge in [-0.2, -0.15) is 0 Å². The Morgan fingerprint density at radius 2 is 1.79 bits per heavy atom. The number of nitrogens with one attached hydrogen (secondary N) is 1. The molecule has 9 nitrogen and oxygen atoms in total. The van der Waals surface area contributed by atoms with E-state index in [-0.39, 0.29) is 18.7 Å². The molecule has 4 aromatic rings. The number of hydrogen-bond donors (Lipinski definition) is 1.